The first-order valence-electron chi connectivity index (χ1n) is 6.07. The molecule has 4 atom stereocenters. The summed E-state index contributed by atoms with van der Waals surface area (Å²) < 4.78 is 10.7. The van der Waals surface area contributed by atoms with Crippen molar-refractivity contribution in [2.75, 3.05) is 6.61 Å². The minimum Gasteiger partial charge on any atom is -0.450 e. The summed E-state index contributed by atoms with van der Waals surface area (Å²) in [6.45, 7) is 5.42. The van der Waals surface area contributed by atoms with Gasteiger partial charge in [-0.25, -0.2) is 4.79 Å². The number of ether oxygens (including phenoxy) is 2. The molecule has 1 amide bonds. The monoisotopic (exact) mass is 257 g/mol. The first-order chi connectivity index (χ1) is 8.38. The number of amides is 1. The summed E-state index contributed by atoms with van der Waals surface area (Å²) in [6.07, 6.45) is 0.103. The normalized spacial score (nSPS) is 37.5. The van der Waals surface area contributed by atoms with Gasteiger partial charge in [0.1, 0.15) is 24.0 Å². The van der Waals surface area contributed by atoms with E-state index in [0.717, 1.165) is 0 Å². The van der Waals surface area contributed by atoms with Crippen molar-refractivity contribution in [1.82, 2.24) is 4.90 Å². The van der Waals surface area contributed by atoms with Crippen molar-refractivity contribution in [2.24, 2.45) is 0 Å². The lowest BCUT2D eigenvalue weighted by Crippen LogP contribution is -2.56. The average molecular weight is 257 g/mol. The van der Waals surface area contributed by atoms with Crippen molar-refractivity contribution in [1.29, 1.82) is 0 Å². The third-order valence-corrected chi connectivity index (χ3v) is 3.30. The molecule has 1 fully saturated rings. The van der Waals surface area contributed by atoms with Crippen LogP contribution in [0.5, 0.6) is 0 Å². The van der Waals surface area contributed by atoms with Crippen LogP contribution in [0.2, 0.25) is 0 Å². The Bertz CT molecular complexity index is 367. The Balaban J connectivity index is 2.30. The molecule has 0 saturated carbocycles. The maximum Gasteiger partial charge on any atom is 0.412 e. The molecule has 0 aromatic heterocycles. The molecule has 1 heterocycles. The molecule has 0 unspecified atom stereocenters. The van der Waals surface area contributed by atoms with E-state index in [1.54, 1.807) is 26.8 Å². The lowest BCUT2D eigenvalue weighted by molar-refractivity contribution is -0.0628. The third-order valence-electron chi connectivity index (χ3n) is 3.30. The van der Waals surface area contributed by atoms with Gasteiger partial charge in [-0.05, 0) is 20.8 Å². The highest BCUT2D eigenvalue weighted by Crippen LogP contribution is 2.37. The van der Waals surface area contributed by atoms with Gasteiger partial charge in [0.15, 0.2) is 0 Å². The zero-order valence-electron chi connectivity index (χ0n) is 10.7. The van der Waals surface area contributed by atoms with E-state index in [9.17, 15) is 15.0 Å². The standard InChI is InChI=1S/C12H19NO5/c1-4-17-11(16)13-9-8(18-12(13,2)3)6-5-7(14)10(9)15/h5-10,14-15H,4H2,1-3H3/t7-,8-,9-,10-/m0/s1. The Kier molecular flexibility index (Phi) is 3.35. The zero-order valence-corrected chi connectivity index (χ0v) is 10.7. The SMILES string of the molecule is CCOC(=O)N1[C@@H]2[C@@H](O)[C@@H](O)C=C[C@@H]2OC1(C)C. The second-order valence-corrected chi connectivity index (χ2v) is 4.95. The quantitative estimate of drug-likeness (QED) is 0.658. The van der Waals surface area contributed by atoms with Crippen molar-refractivity contribution in [3.63, 3.8) is 0 Å². The zero-order chi connectivity index (χ0) is 13.5. The van der Waals surface area contributed by atoms with Gasteiger partial charge in [0, 0.05) is 0 Å². The van der Waals surface area contributed by atoms with Crippen LogP contribution in [0.15, 0.2) is 12.2 Å². The highest BCUT2D eigenvalue weighted by Gasteiger charge is 2.54. The highest BCUT2D eigenvalue weighted by molar-refractivity contribution is 5.69. The predicted molar refractivity (Wildman–Crippen MR) is 62.8 cm³/mol. The van der Waals surface area contributed by atoms with Crippen molar-refractivity contribution < 1.29 is 24.5 Å². The van der Waals surface area contributed by atoms with E-state index >= 15 is 0 Å². The number of nitrogens with zero attached hydrogens (tertiary/aromatic N) is 1. The predicted octanol–water partition coefficient (Wildman–Crippen LogP) is 0.240. The topological polar surface area (TPSA) is 79.2 Å². The van der Waals surface area contributed by atoms with Crippen LogP contribution in [-0.2, 0) is 9.47 Å². The Labute approximate surface area is 106 Å². The first-order valence-corrected chi connectivity index (χ1v) is 6.07. The van der Waals surface area contributed by atoms with Crippen LogP contribution in [-0.4, -0.2) is 57.9 Å². The molecule has 0 aromatic carbocycles. The largest absolute Gasteiger partial charge is 0.450 e. The number of carbonyl (C=O) groups excluding carboxylic acids is 1. The minimum atomic E-state index is -1.08. The van der Waals surface area contributed by atoms with Crippen LogP contribution >= 0.6 is 0 Å². The van der Waals surface area contributed by atoms with Crippen molar-refractivity contribution in [3.8, 4) is 0 Å². The molecule has 1 saturated heterocycles. The van der Waals surface area contributed by atoms with Gasteiger partial charge in [-0.1, -0.05) is 12.2 Å². The average Bonchev–Trinajstić information content (AvgIpc) is 2.55. The second-order valence-electron chi connectivity index (χ2n) is 4.95. The maximum absolute atomic E-state index is 12.0. The molecule has 2 N–H and O–H groups in total. The van der Waals surface area contributed by atoms with Gasteiger partial charge in [-0.3, -0.25) is 4.90 Å². The van der Waals surface area contributed by atoms with Crippen LogP contribution in [0, 0.1) is 0 Å². The molecule has 0 spiro atoms. The fourth-order valence-corrected chi connectivity index (χ4v) is 2.54. The molecule has 1 aliphatic heterocycles. The van der Waals surface area contributed by atoms with Crippen molar-refractivity contribution in [2.45, 2.75) is 50.8 Å². The van der Waals surface area contributed by atoms with Gasteiger partial charge < -0.3 is 19.7 Å². The summed E-state index contributed by atoms with van der Waals surface area (Å²) in [5, 5.41) is 19.7. The van der Waals surface area contributed by atoms with Gasteiger partial charge >= 0.3 is 6.09 Å². The molecule has 0 radical (unpaired) electrons. The van der Waals surface area contributed by atoms with E-state index < -0.39 is 36.2 Å². The van der Waals surface area contributed by atoms with Gasteiger partial charge in [0.25, 0.3) is 0 Å². The summed E-state index contributed by atoms with van der Waals surface area (Å²) >= 11 is 0. The number of hydrogen-bond acceptors (Lipinski definition) is 5. The summed E-state index contributed by atoms with van der Waals surface area (Å²) in [7, 11) is 0. The molecule has 2 aliphatic rings. The maximum atomic E-state index is 12.0. The molecule has 0 aromatic rings. The molecular weight excluding hydrogens is 238 g/mol. The Morgan fingerprint density at radius 2 is 2.11 bits per heavy atom. The number of hydrogen-bond donors (Lipinski definition) is 2. The summed E-state index contributed by atoms with van der Waals surface area (Å²) in [5.41, 5.74) is -0.878. The Hall–Kier alpha value is -1.11. The molecule has 1 aliphatic carbocycles. The Morgan fingerprint density at radius 1 is 1.44 bits per heavy atom. The summed E-state index contributed by atoms with van der Waals surface area (Å²) in [6, 6.07) is -0.626. The van der Waals surface area contributed by atoms with E-state index in [4.69, 9.17) is 9.47 Å². The van der Waals surface area contributed by atoms with Crippen LogP contribution in [0.1, 0.15) is 20.8 Å². The summed E-state index contributed by atoms with van der Waals surface area (Å²) in [5.74, 6) is 0. The van der Waals surface area contributed by atoms with Crippen LogP contribution in [0.4, 0.5) is 4.79 Å². The van der Waals surface area contributed by atoms with Gasteiger partial charge in [-0.2, -0.15) is 0 Å². The van der Waals surface area contributed by atoms with E-state index in [0.29, 0.717) is 0 Å². The van der Waals surface area contributed by atoms with E-state index in [1.807, 2.05) is 0 Å². The number of aliphatic hydroxyl groups excluding tert-OH is 2. The number of aliphatic hydroxyl groups is 2. The van der Waals surface area contributed by atoms with Crippen LogP contribution in [0.25, 0.3) is 0 Å². The molecule has 2 rings (SSSR count). The van der Waals surface area contributed by atoms with Gasteiger partial charge in [-0.15, -0.1) is 0 Å². The number of rotatable bonds is 1. The van der Waals surface area contributed by atoms with Gasteiger partial charge in [0.05, 0.1) is 12.6 Å². The molecular formula is C12H19NO5. The van der Waals surface area contributed by atoms with Crippen molar-refractivity contribution >= 4 is 6.09 Å². The second kappa shape index (κ2) is 4.53. The van der Waals surface area contributed by atoms with E-state index in [2.05, 4.69) is 0 Å². The molecule has 18 heavy (non-hydrogen) atoms. The highest BCUT2D eigenvalue weighted by atomic mass is 16.6. The lowest BCUT2D eigenvalue weighted by Gasteiger charge is -2.36. The fraction of sp³-hybridized carbons (Fsp3) is 0.750. The Morgan fingerprint density at radius 3 is 2.72 bits per heavy atom. The molecule has 102 valence electrons. The van der Waals surface area contributed by atoms with Gasteiger partial charge in [0.2, 0.25) is 0 Å². The van der Waals surface area contributed by atoms with E-state index in [-0.39, 0.29) is 6.61 Å². The molecule has 6 nitrogen and oxygen atoms in total. The minimum absolute atomic E-state index is 0.247. The van der Waals surface area contributed by atoms with Crippen molar-refractivity contribution in [3.05, 3.63) is 12.2 Å². The lowest BCUT2D eigenvalue weighted by atomic mass is 9.93. The third kappa shape index (κ3) is 2.00. The smallest absolute Gasteiger partial charge is 0.412 e. The first kappa shape index (κ1) is 13.3. The molecule has 6 heteroatoms. The molecule has 0 bridgehead atoms. The van der Waals surface area contributed by atoms with E-state index in [1.165, 1.54) is 11.0 Å². The summed E-state index contributed by atoms with van der Waals surface area (Å²) in [4.78, 5) is 13.3. The number of carbonyl (C=O) groups is 1. The number of fused-ring (bicyclic) bond motifs is 1. The fourth-order valence-electron chi connectivity index (χ4n) is 2.54. The van der Waals surface area contributed by atoms with Crippen LogP contribution < -0.4 is 0 Å². The van der Waals surface area contributed by atoms with Crippen LogP contribution in [0.3, 0.4) is 0 Å².